The Morgan fingerprint density at radius 2 is 1.95 bits per heavy atom. The molecule has 2 aliphatic heterocycles. The molecule has 0 spiro atoms. The Morgan fingerprint density at radius 1 is 1.20 bits per heavy atom. The molecule has 6 nitrogen and oxygen atoms in total. The molecule has 0 radical (unpaired) electrons. The van der Waals surface area contributed by atoms with E-state index in [2.05, 4.69) is 23.9 Å². The SMILES string of the molecule is CN(C)C[C@H]1CN(CCC(=O)N2CCOCC2)CCO1. The first-order chi connectivity index (χ1) is 9.65. The van der Waals surface area contributed by atoms with E-state index < -0.39 is 0 Å². The number of likely N-dealkylation sites (N-methyl/N-ethyl adjacent to an activating group) is 1. The summed E-state index contributed by atoms with van der Waals surface area (Å²) in [6.45, 7) is 7.23. The van der Waals surface area contributed by atoms with Crippen LogP contribution in [0.25, 0.3) is 0 Å². The third-order valence-corrected chi connectivity index (χ3v) is 3.80. The molecule has 0 N–H and O–H groups in total. The van der Waals surface area contributed by atoms with Crippen LogP contribution in [-0.2, 0) is 14.3 Å². The van der Waals surface area contributed by atoms with Crippen molar-refractivity contribution in [3.63, 3.8) is 0 Å². The van der Waals surface area contributed by atoms with Crippen LogP contribution >= 0.6 is 0 Å². The van der Waals surface area contributed by atoms with Crippen molar-refractivity contribution in [2.75, 3.05) is 73.2 Å². The summed E-state index contributed by atoms with van der Waals surface area (Å²) in [4.78, 5) is 18.5. The molecule has 1 atom stereocenters. The standard InChI is InChI=1S/C14H27N3O3/c1-15(2)11-13-12-16(5-10-20-13)4-3-14(18)17-6-8-19-9-7-17/h13H,3-12H2,1-2H3/t13-/m0/s1. The van der Waals surface area contributed by atoms with Crippen molar-refractivity contribution in [2.24, 2.45) is 0 Å². The van der Waals surface area contributed by atoms with Crippen LogP contribution < -0.4 is 0 Å². The van der Waals surface area contributed by atoms with E-state index in [1.54, 1.807) is 0 Å². The third kappa shape index (κ3) is 5.01. The lowest BCUT2D eigenvalue weighted by molar-refractivity contribution is -0.136. The first-order valence-corrected chi connectivity index (χ1v) is 7.49. The Hall–Kier alpha value is -0.690. The van der Waals surface area contributed by atoms with Gasteiger partial charge in [-0.3, -0.25) is 9.69 Å². The summed E-state index contributed by atoms with van der Waals surface area (Å²) < 4.78 is 11.0. The summed E-state index contributed by atoms with van der Waals surface area (Å²) in [5, 5.41) is 0. The zero-order chi connectivity index (χ0) is 14.4. The van der Waals surface area contributed by atoms with Crippen LogP contribution in [0.1, 0.15) is 6.42 Å². The highest BCUT2D eigenvalue weighted by Gasteiger charge is 2.22. The smallest absolute Gasteiger partial charge is 0.224 e. The van der Waals surface area contributed by atoms with Crippen LogP contribution in [0.2, 0.25) is 0 Å². The van der Waals surface area contributed by atoms with Crippen LogP contribution in [0.4, 0.5) is 0 Å². The maximum atomic E-state index is 12.1. The zero-order valence-electron chi connectivity index (χ0n) is 12.7. The Labute approximate surface area is 121 Å². The number of hydrogen-bond donors (Lipinski definition) is 0. The average molecular weight is 285 g/mol. The quantitative estimate of drug-likeness (QED) is 0.681. The van der Waals surface area contributed by atoms with E-state index in [1.807, 2.05) is 4.90 Å². The van der Waals surface area contributed by atoms with Gasteiger partial charge in [-0.1, -0.05) is 0 Å². The number of carbonyl (C=O) groups is 1. The van der Waals surface area contributed by atoms with Gasteiger partial charge < -0.3 is 19.3 Å². The van der Waals surface area contributed by atoms with Crippen molar-refractivity contribution in [2.45, 2.75) is 12.5 Å². The minimum atomic E-state index is 0.254. The fraction of sp³-hybridized carbons (Fsp3) is 0.929. The average Bonchev–Trinajstić information content (AvgIpc) is 2.45. The van der Waals surface area contributed by atoms with E-state index in [1.165, 1.54) is 0 Å². The van der Waals surface area contributed by atoms with E-state index in [9.17, 15) is 4.79 Å². The molecule has 0 aromatic heterocycles. The summed E-state index contributed by atoms with van der Waals surface area (Å²) >= 11 is 0. The van der Waals surface area contributed by atoms with Gasteiger partial charge in [0.2, 0.25) is 5.91 Å². The van der Waals surface area contributed by atoms with Gasteiger partial charge in [0.25, 0.3) is 0 Å². The minimum Gasteiger partial charge on any atom is -0.378 e. The first kappa shape index (κ1) is 15.7. The van der Waals surface area contributed by atoms with Gasteiger partial charge in [0.05, 0.1) is 25.9 Å². The second-order valence-corrected chi connectivity index (χ2v) is 5.80. The van der Waals surface area contributed by atoms with Crippen LogP contribution in [0.5, 0.6) is 0 Å². The van der Waals surface area contributed by atoms with Gasteiger partial charge in [0, 0.05) is 45.7 Å². The predicted molar refractivity (Wildman–Crippen MR) is 76.8 cm³/mol. The Morgan fingerprint density at radius 3 is 2.65 bits per heavy atom. The molecule has 0 unspecified atom stereocenters. The molecule has 2 saturated heterocycles. The summed E-state index contributed by atoms with van der Waals surface area (Å²) in [6, 6.07) is 0. The van der Waals surface area contributed by atoms with Gasteiger partial charge >= 0.3 is 0 Å². The van der Waals surface area contributed by atoms with Gasteiger partial charge in [-0.25, -0.2) is 0 Å². The lowest BCUT2D eigenvalue weighted by Gasteiger charge is -2.34. The number of nitrogens with zero attached hydrogens (tertiary/aromatic N) is 3. The van der Waals surface area contributed by atoms with Crippen LogP contribution in [0.3, 0.4) is 0 Å². The van der Waals surface area contributed by atoms with Gasteiger partial charge in [-0.15, -0.1) is 0 Å². The monoisotopic (exact) mass is 285 g/mol. The molecule has 2 fully saturated rings. The Kier molecular flexibility index (Phi) is 6.22. The van der Waals surface area contributed by atoms with Crippen molar-refractivity contribution in [1.29, 1.82) is 0 Å². The van der Waals surface area contributed by atoms with E-state index in [0.29, 0.717) is 19.6 Å². The van der Waals surface area contributed by atoms with E-state index in [0.717, 1.165) is 45.9 Å². The first-order valence-electron chi connectivity index (χ1n) is 7.49. The summed E-state index contributed by atoms with van der Waals surface area (Å²) in [6.07, 6.45) is 0.867. The molecule has 0 bridgehead atoms. The van der Waals surface area contributed by atoms with Crippen LogP contribution in [0, 0.1) is 0 Å². The fourth-order valence-electron chi connectivity index (χ4n) is 2.73. The van der Waals surface area contributed by atoms with E-state index in [4.69, 9.17) is 9.47 Å². The lowest BCUT2D eigenvalue weighted by Crippen LogP contribution is -2.48. The molecule has 2 aliphatic rings. The molecule has 0 aliphatic carbocycles. The van der Waals surface area contributed by atoms with E-state index >= 15 is 0 Å². The number of morpholine rings is 2. The molecular weight excluding hydrogens is 258 g/mol. The molecule has 0 aromatic rings. The van der Waals surface area contributed by atoms with Crippen molar-refractivity contribution in [1.82, 2.24) is 14.7 Å². The highest BCUT2D eigenvalue weighted by atomic mass is 16.5. The molecule has 6 heteroatoms. The highest BCUT2D eigenvalue weighted by Crippen LogP contribution is 2.08. The lowest BCUT2D eigenvalue weighted by atomic mass is 10.2. The predicted octanol–water partition coefficient (Wildman–Crippen LogP) is -0.502. The second-order valence-electron chi connectivity index (χ2n) is 5.80. The maximum Gasteiger partial charge on any atom is 0.224 e. The van der Waals surface area contributed by atoms with Crippen molar-refractivity contribution < 1.29 is 14.3 Å². The summed E-state index contributed by atoms with van der Waals surface area (Å²) in [5.41, 5.74) is 0. The topological polar surface area (TPSA) is 45.2 Å². The Balaban J connectivity index is 1.68. The molecule has 0 aromatic carbocycles. The molecule has 20 heavy (non-hydrogen) atoms. The Bertz CT molecular complexity index is 306. The molecule has 2 rings (SSSR count). The maximum absolute atomic E-state index is 12.1. The largest absolute Gasteiger partial charge is 0.378 e. The number of amides is 1. The summed E-state index contributed by atoms with van der Waals surface area (Å²) in [5.74, 6) is 0.254. The zero-order valence-corrected chi connectivity index (χ0v) is 12.7. The third-order valence-electron chi connectivity index (χ3n) is 3.80. The fourth-order valence-corrected chi connectivity index (χ4v) is 2.73. The van der Waals surface area contributed by atoms with Gasteiger partial charge in [-0.2, -0.15) is 0 Å². The number of hydrogen-bond acceptors (Lipinski definition) is 5. The second kappa shape index (κ2) is 7.93. The molecule has 2 heterocycles. The molecule has 116 valence electrons. The van der Waals surface area contributed by atoms with Crippen molar-refractivity contribution in [3.8, 4) is 0 Å². The molecule has 1 amide bonds. The normalized spacial score (nSPS) is 25.1. The van der Waals surface area contributed by atoms with Crippen LogP contribution in [-0.4, -0.2) is 99.9 Å². The number of carbonyl (C=O) groups excluding carboxylic acids is 1. The van der Waals surface area contributed by atoms with E-state index in [-0.39, 0.29) is 12.0 Å². The van der Waals surface area contributed by atoms with Gasteiger partial charge in [0.1, 0.15) is 0 Å². The number of rotatable bonds is 5. The van der Waals surface area contributed by atoms with Crippen molar-refractivity contribution >= 4 is 5.91 Å². The summed E-state index contributed by atoms with van der Waals surface area (Å²) in [7, 11) is 4.12. The van der Waals surface area contributed by atoms with Gasteiger partial charge in [0.15, 0.2) is 0 Å². The molecule has 0 saturated carbocycles. The minimum absolute atomic E-state index is 0.254. The van der Waals surface area contributed by atoms with Crippen LogP contribution in [0.15, 0.2) is 0 Å². The molecular formula is C14H27N3O3. The van der Waals surface area contributed by atoms with Gasteiger partial charge in [-0.05, 0) is 14.1 Å². The van der Waals surface area contributed by atoms with Crippen molar-refractivity contribution in [3.05, 3.63) is 0 Å². The number of ether oxygens (including phenoxy) is 2. The highest BCUT2D eigenvalue weighted by molar-refractivity contribution is 5.76.